The van der Waals surface area contributed by atoms with Gasteiger partial charge in [-0.3, -0.25) is 4.98 Å². The van der Waals surface area contributed by atoms with E-state index in [1.165, 1.54) is 6.07 Å². The highest BCUT2D eigenvalue weighted by Crippen LogP contribution is 2.29. The third-order valence-electron chi connectivity index (χ3n) is 3.30. The Hall–Kier alpha value is -1.46. The third-order valence-corrected chi connectivity index (χ3v) is 3.79. The molecule has 0 fully saturated rings. The highest BCUT2D eigenvalue weighted by Gasteiger charge is 2.31. The molecule has 0 radical (unpaired) electrons. The standard InChI is InChI=1S/C15H16BrFN2O/c1-2-15(10-20,14-7-6-12(17)9-18-14)19-13-5-3-4-11(16)8-13/h3-9,19-20H,2,10H2,1H3. The molecule has 1 atom stereocenters. The fourth-order valence-corrected chi connectivity index (χ4v) is 2.47. The highest BCUT2D eigenvalue weighted by molar-refractivity contribution is 9.10. The average Bonchev–Trinajstić information content (AvgIpc) is 2.46. The first-order chi connectivity index (χ1) is 9.59. The first-order valence-corrected chi connectivity index (χ1v) is 7.15. The first-order valence-electron chi connectivity index (χ1n) is 6.36. The maximum Gasteiger partial charge on any atom is 0.141 e. The van der Waals surface area contributed by atoms with Crippen LogP contribution in [-0.4, -0.2) is 16.7 Å². The summed E-state index contributed by atoms with van der Waals surface area (Å²) in [6.07, 6.45) is 1.78. The normalized spacial score (nSPS) is 13.8. The van der Waals surface area contributed by atoms with Crippen LogP contribution in [0.4, 0.5) is 10.1 Å². The van der Waals surface area contributed by atoms with Crippen LogP contribution < -0.4 is 5.32 Å². The Balaban J connectivity index is 2.36. The molecular formula is C15H16BrFN2O. The van der Waals surface area contributed by atoms with E-state index < -0.39 is 5.54 Å². The molecule has 0 saturated carbocycles. The van der Waals surface area contributed by atoms with Gasteiger partial charge in [-0.1, -0.05) is 28.9 Å². The number of benzene rings is 1. The van der Waals surface area contributed by atoms with E-state index in [-0.39, 0.29) is 12.4 Å². The van der Waals surface area contributed by atoms with Crippen LogP contribution in [0.3, 0.4) is 0 Å². The van der Waals surface area contributed by atoms with E-state index in [1.54, 1.807) is 6.07 Å². The van der Waals surface area contributed by atoms with Gasteiger partial charge < -0.3 is 10.4 Å². The quantitative estimate of drug-likeness (QED) is 0.873. The van der Waals surface area contributed by atoms with Crippen molar-refractivity contribution in [1.82, 2.24) is 4.98 Å². The molecule has 5 heteroatoms. The molecule has 2 aromatic rings. The molecule has 0 amide bonds. The van der Waals surface area contributed by atoms with Gasteiger partial charge in [-0.25, -0.2) is 4.39 Å². The van der Waals surface area contributed by atoms with Gasteiger partial charge in [-0.2, -0.15) is 0 Å². The molecule has 2 rings (SSSR count). The zero-order valence-corrected chi connectivity index (χ0v) is 12.7. The monoisotopic (exact) mass is 338 g/mol. The number of rotatable bonds is 5. The van der Waals surface area contributed by atoms with Crippen molar-refractivity contribution in [2.75, 3.05) is 11.9 Å². The van der Waals surface area contributed by atoms with Crippen LogP contribution in [0.1, 0.15) is 19.0 Å². The van der Waals surface area contributed by atoms with Crippen molar-refractivity contribution in [2.45, 2.75) is 18.9 Å². The predicted octanol–water partition coefficient (Wildman–Crippen LogP) is 3.69. The van der Waals surface area contributed by atoms with Crippen molar-refractivity contribution < 1.29 is 9.50 Å². The van der Waals surface area contributed by atoms with Crippen LogP contribution in [-0.2, 0) is 5.54 Å². The predicted molar refractivity (Wildman–Crippen MR) is 81.0 cm³/mol. The van der Waals surface area contributed by atoms with Crippen molar-refractivity contribution in [3.05, 3.63) is 58.6 Å². The van der Waals surface area contributed by atoms with Crippen molar-refractivity contribution in [1.29, 1.82) is 0 Å². The number of aliphatic hydroxyl groups is 1. The maximum absolute atomic E-state index is 13.0. The van der Waals surface area contributed by atoms with Gasteiger partial charge in [0.25, 0.3) is 0 Å². The van der Waals surface area contributed by atoms with Crippen LogP contribution in [0, 0.1) is 5.82 Å². The van der Waals surface area contributed by atoms with Gasteiger partial charge in [0.05, 0.1) is 18.5 Å². The molecular weight excluding hydrogens is 323 g/mol. The lowest BCUT2D eigenvalue weighted by atomic mass is 9.91. The minimum atomic E-state index is -0.728. The number of hydrogen-bond donors (Lipinski definition) is 2. The van der Waals surface area contributed by atoms with Crippen LogP contribution in [0.25, 0.3) is 0 Å². The molecule has 20 heavy (non-hydrogen) atoms. The zero-order valence-electron chi connectivity index (χ0n) is 11.1. The smallest absolute Gasteiger partial charge is 0.141 e. The van der Waals surface area contributed by atoms with Gasteiger partial charge in [-0.05, 0) is 36.8 Å². The summed E-state index contributed by atoms with van der Waals surface area (Å²) in [5, 5.41) is 13.1. The van der Waals surface area contributed by atoms with Gasteiger partial charge in [-0.15, -0.1) is 0 Å². The van der Waals surface area contributed by atoms with Crippen LogP contribution in [0.2, 0.25) is 0 Å². The van der Waals surface area contributed by atoms with Crippen molar-refractivity contribution in [2.24, 2.45) is 0 Å². The number of nitrogens with one attached hydrogen (secondary N) is 1. The summed E-state index contributed by atoms with van der Waals surface area (Å²) in [6.45, 7) is 1.82. The van der Waals surface area contributed by atoms with Crippen molar-refractivity contribution in [3.63, 3.8) is 0 Å². The summed E-state index contributed by atoms with van der Waals surface area (Å²) in [6, 6.07) is 10.6. The largest absolute Gasteiger partial charge is 0.394 e. The van der Waals surface area contributed by atoms with Gasteiger partial charge in [0.15, 0.2) is 0 Å². The molecule has 0 saturated heterocycles. The van der Waals surface area contributed by atoms with E-state index in [2.05, 4.69) is 26.2 Å². The Kier molecular flexibility index (Phi) is 4.73. The molecule has 1 unspecified atom stereocenters. The lowest BCUT2D eigenvalue weighted by Gasteiger charge is -2.32. The number of pyridine rings is 1. The fourth-order valence-electron chi connectivity index (χ4n) is 2.07. The van der Waals surface area contributed by atoms with Gasteiger partial charge in [0.2, 0.25) is 0 Å². The second-order valence-corrected chi connectivity index (χ2v) is 5.51. The fraction of sp³-hybridized carbons (Fsp3) is 0.267. The van der Waals surface area contributed by atoms with Crippen LogP contribution in [0.15, 0.2) is 47.1 Å². The van der Waals surface area contributed by atoms with E-state index >= 15 is 0 Å². The first kappa shape index (κ1) is 14.9. The second kappa shape index (κ2) is 6.33. The molecule has 1 aromatic carbocycles. The molecule has 106 valence electrons. The number of nitrogens with zero attached hydrogens (tertiary/aromatic N) is 1. The molecule has 1 aromatic heterocycles. The number of halogens is 2. The van der Waals surface area contributed by atoms with E-state index in [0.717, 1.165) is 16.4 Å². The second-order valence-electron chi connectivity index (χ2n) is 4.59. The van der Waals surface area contributed by atoms with Crippen molar-refractivity contribution >= 4 is 21.6 Å². The van der Waals surface area contributed by atoms with Gasteiger partial charge in [0, 0.05) is 10.2 Å². The van der Waals surface area contributed by atoms with E-state index in [1.807, 2.05) is 31.2 Å². The SMILES string of the molecule is CCC(CO)(Nc1cccc(Br)c1)c1ccc(F)cn1. The molecule has 0 aliphatic carbocycles. The van der Waals surface area contributed by atoms with Crippen LogP contribution in [0.5, 0.6) is 0 Å². The summed E-state index contributed by atoms with van der Waals surface area (Å²) in [4.78, 5) is 4.10. The number of aromatic nitrogens is 1. The molecule has 0 aliphatic heterocycles. The molecule has 2 N–H and O–H groups in total. The summed E-state index contributed by atoms with van der Waals surface area (Å²) < 4.78 is 14.0. The number of hydrogen-bond acceptors (Lipinski definition) is 3. The summed E-state index contributed by atoms with van der Waals surface area (Å²) in [5.74, 6) is -0.390. The van der Waals surface area contributed by atoms with E-state index in [9.17, 15) is 9.50 Å². The van der Waals surface area contributed by atoms with E-state index in [4.69, 9.17) is 0 Å². The maximum atomic E-state index is 13.0. The minimum absolute atomic E-state index is 0.130. The lowest BCUT2D eigenvalue weighted by Crippen LogP contribution is -2.39. The van der Waals surface area contributed by atoms with Gasteiger partial charge >= 0.3 is 0 Å². The Labute approximate surface area is 126 Å². The van der Waals surface area contributed by atoms with Gasteiger partial charge in [0.1, 0.15) is 11.4 Å². The Bertz CT molecular complexity index is 570. The molecule has 0 aliphatic rings. The minimum Gasteiger partial charge on any atom is -0.394 e. The highest BCUT2D eigenvalue weighted by atomic mass is 79.9. The summed E-state index contributed by atoms with van der Waals surface area (Å²) in [7, 11) is 0. The molecule has 3 nitrogen and oxygen atoms in total. The van der Waals surface area contributed by atoms with E-state index in [0.29, 0.717) is 12.1 Å². The summed E-state index contributed by atoms with van der Waals surface area (Å²) in [5.41, 5.74) is 0.749. The number of anilines is 1. The Morgan fingerprint density at radius 2 is 2.15 bits per heavy atom. The summed E-state index contributed by atoms with van der Waals surface area (Å²) >= 11 is 3.41. The topological polar surface area (TPSA) is 45.1 Å². The van der Waals surface area contributed by atoms with Crippen molar-refractivity contribution in [3.8, 4) is 0 Å². The van der Waals surface area contributed by atoms with Crippen LogP contribution >= 0.6 is 15.9 Å². The Morgan fingerprint density at radius 3 is 2.70 bits per heavy atom. The average molecular weight is 339 g/mol. The molecule has 0 bridgehead atoms. The lowest BCUT2D eigenvalue weighted by molar-refractivity contribution is 0.204. The molecule has 0 spiro atoms. The molecule has 1 heterocycles. The third kappa shape index (κ3) is 3.16. The Morgan fingerprint density at radius 1 is 1.35 bits per heavy atom. The number of aliphatic hydroxyl groups excluding tert-OH is 1. The zero-order chi connectivity index (χ0) is 14.6.